The smallest absolute Gasteiger partial charge is 0.253 e. The molecule has 1 atom stereocenters. The highest BCUT2D eigenvalue weighted by molar-refractivity contribution is 5.83. The second-order valence-electron chi connectivity index (χ2n) is 10.6. The molecule has 2 aliphatic rings. The third kappa shape index (κ3) is 4.32. The van der Waals surface area contributed by atoms with Gasteiger partial charge in [0.15, 0.2) is 17.3 Å². The Morgan fingerprint density at radius 2 is 1.79 bits per heavy atom. The van der Waals surface area contributed by atoms with Crippen molar-refractivity contribution >= 4 is 16.6 Å². The zero-order valence-corrected chi connectivity index (χ0v) is 22.0. The fourth-order valence-corrected chi connectivity index (χ4v) is 5.20. The van der Waals surface area contributed by atoms with Gasteiger partial charge in [-0.1, -0.05) is 6.07 Å². The van der Waals surface area contributed by atoms with Crippen LogP contribution in [0.3, 0.4) is 0 Å². The zero-order valence-electron chi connectivity index (χ0n) is 22.0. The maximum atomic E-state index is 13.6. The number of pyridine rings is 1. The van der Waals surface area contributed by atoms with E-state index < -0.39 is 6.04 Å². The average molecular weight is 518 g/mol. The van der Waals surface area contributed by atoms with Gasteiger partial charge in [-0.3, -0.25) is 9.69 Å². The second kappa shape index (κ2) is 9.32. The normalized spacial score (nSPS) is 16.7. The SMILES string of the molecule is COc1cccc(N2CCN([C@@H](c3cc4cc5c(cc4[nH]c3=O)OCO5)c3nnnn3C(C)(C)C)CC2)c1. The number of rotatable bonds is 5. The third-order valence-corrected chi connectivity index (χ3v) is 7.13. The molecule has 1 N–H and O–H groups in total. The summed E-state index contributed by atoms with van der Waals surface area (Å²) in [6, 6.07) is 13.3. The first-order valence-electron chi connectivity index (χ1n) is 12.7. The Hall–Kier alpha value is -4.12. The molecule has 2 aromatic heterocycles. The van der Waals surface area contributed by atoms with Gasteiger partial charge in [-0.15, -0.1) is 5.10 Å². The number of methoxy groups -OCH3 is 1. The number of aromatic nitrogens is 5. The summed E-state index contributed by atoms with van der Waals surface area (Å²) in [7, 11) is 1.68. The number of hydrogen-bond acceptors (Lipinski definition) is 9. The van der Waals surface area contributed by atoms with Crippen LogP contribution in [0.4, 0.5) is 5.69 Å². The van der Waals surface area contributed by atoms with Crippen molar-refractivity contribution in [2.24, 2.45) is 0 Å². The summed E-state index contributed by atoms with van der Waals surface area (Å²) in [5.41, 5.74) is 1.85. The standard InChI is InChI=1S/C27H31N7O4/c1-27(2,3)34-25(29-30-31-34)24(33-10-8-32(9-11-33)18-6-5-7-19(14-18)36-4)20-12-17-13-22-23(38-16-37-22)15-21(17)28-26(20)35/h5-7,12-15,24H,8-11,16H2,1-4H3,(H,28,35)/t24-/m0/s1. The number of aromatic amines is 1. The molecule has 4 heterocycles. The molecule has 38 heavy (non-hydrogen) atoms. The Balaban J connectivity index is 1.39. The molecule has 0 aliphatic carbocycles. The van der Waals surface area contributed by atoms with E-state index in [1.807, 2.05) is 41.1 Å². The van der Waals surface area contributed by atoms with Crippen molar-refractivity contribution in [1.82, 2.24) is 30.1 Å². The molecule has 6 rings (SSSR count). The van der Waals surface area contributed by atoms with Crippen LogP contribution in [0.5, 0.6) is 17.2 Å². The molecule has 198 valence electrons. The molecule has 0 radical (unpaired) electrons. The quantitative estimate of drug-likeness (QED) is 0.427. The lowest BCUT2D eigenvalue weighted by Crippen LogP contribution is -2.49. The van der Waals surface area contributed by atoms with Crippen LogP contribution in [0.15, 0.2) is 47.3 Å². The Labute approximate surface area is 219 Å². The van der Waals surface area contributed by atoms with Crippen molar-refractivity contribution in [2.45, 2.75) is 32.4 Å². The van der Waals surface area contributed by atoms with Crippen LogP contribution in [0, 0.1) is 0 Å². The van der Waals surface area contributed by atoms with Gasteiger partial charge in [-0.05, 0) is 55.5 Å². The van der Waals surface area contributed by atoms with E-state index >= 15 is 0 Å². The summed E-state index contributed by atoms with van der Waals surface area (Å²) in [5, 5.41) is 13.6. The number of benzene rings is 2. The van der Waals surface area contributed by atoms with Crippen molar-refractivity contribution in [3.63, 3.8) is 0 Å². The molecule has 11 nitrogen and oxygen atoms in total. The van der Waals surface area contributed by atoms with Gasteiger partial charge in [0.05, 0.1) is 18.2 Å². The van der Waals surface area contributed by atoms with Crippen molar-refractivity contribution in [1.29, 1.82) is 0 Å². The van der Waals surface area contributed by atoms with Crippen LogP contribution in [-0.2, 0) is 5.54 Å². The maximum Gasteiger partial charge on any atom is 0.253 e. The first-order chi connectivity index (χ1) is 18.3. The molecule has 0 spiro atoms. The van der Waals surface area contributed by atoms with E-state index in [0.29, 0.717) is 28.4 Å². The molecule has 0 bridgehead atoms. The Morgan fingerprint density at radius 1 is 1.03 bits per heavy atom. The molecule has 4 aromatic rings. The van der Waals surface area contributed by atoms with Crippen molar-refractivity contribution in [3.05, 3.63) is 64.2 Å². The van der Waals surface area contributed by atoms with Gasteiger partial charge in [-0.2, -0.15) is 0 Å². The minimum atomic E-state index is -0.435. The van der Waals surface area contributed by atoms with E-state index in [2.05, 4.69) is 57.1 Å². The van der Waals surface area contributed by atoms with Crippen LogP contribution in [-0.4, -0.2) is 70.2 Å². The molecule has 2 aromatic carbocycles. The first kappa shape index (κ1) is 24.2. The van der Waals surface area contributed by atoms with Crippen LogP contribution in [0.25, 0.3) is 10.9 Å². The van der Waals surface area contributed by atoms with E-state index in [1.165, 1.54) is 0 Å². The fourth-order valence-electron chi connectivity index (χ4n) is 5.20. The van der Waals surface area contributed by atoms with Gasteiger partial charge in [-0.25, -0.2) is 4.68 Å². The summed E-state index contributed by atoms with van der Waals surface area (Å²) in [4.78, 5) is 21.2. The average Bonchev–Trinajstić information content (AvgIpc) is 3.58. The number of nitrogens with zero attached hydrogens (tertiary/aromatic N) is 6. The Kier molecular flexibility index (Phi) is 5.94. The number of tetrazole rings is 1. The fraction of sp³-hybridized carbons (Fsp3) is 0.407. The predicted octanol–water partition coefficient (Wildman–Crippen LogP) is 2.92. The van der Waals surface area contributed by atoms with Gasteiger partial charge in [0.1, 0.15) is 11.8 Å². The molecular weight excluding hydrogens is 486 g/mol. The number of anilines is 1. The van der Waals surface area contributed by atoms with Crippen LogP contribution in [0.2, 0.25) is 0 Å². The molecule has 0 amide bonds. The number of fused-ring (bicyclic) bond motifs is 2. The third-order valence-electron chi connectivity index (χ3n) is 7.13. The minimum Gasteiger partial charge on any atom is -0.497 e. The number of H-pyrrole nitrogens is 1. The minimum absolute atomic E-state index is 0.170. The summed E-state index contributed by atoms with van der Waals surface area (Å²) < 4.78 is 18.3. The van der Waals surface area contributed by atoms with E-state index in [4.69, 9.17) is 14.2 Å². The molecule has 0 saturated carbocycles. The molecule has 0 unspecified atom stereocenters. The summed E-state index contributed by atoms with van der Waals surface area (Å²) in [5.74, 6) is 2.76. The lowest BCUT2D eigenvalue weighted by atomic mass is 10.0. The monoisotopic (exact) mass is 517 g/mol. The molecule has 1 fully saturated rings. The number of piperazine rings is 1. The van der Waals surface area contributed by atoms with Crippen molar-refractivity contribution < 1.29 is 14.2 Å². The lowest BCUT2D eigenvalue weighted by molar-refractivity contribution is 0.174. The highest BCUT2D eigenvalue weighted by atomic mass is 16.7. The van der Waals surface area contributed by atoms with Crippen LogP contribution < -0.4 is 24.7 Å². The highest BCUT2D eigenvalue weighted by Gasteiger charge is 2.35. The molecule has 11 heteroatoms. The molecule has 2 aliphatic heterocycles. The summed E-state index contributed by atoms with van der Waals surface area (Å²) >= 11 is 0. The molecular formula is C27H31N7O4. The predicted molar refractivity (Wildman–Crippen MR) is 142 cm³/mol. The van der Waals surface area contributed by atoms with E-state index in [0.717, 1.165) is 43.0 Å². The van der Waals surface area contributed by atoms with Crippen molar-refractivity contribution in [2.75, 3.05) is 45.0 Å². The topological polar surface area (TPSA) is 111 Å². The maximum absolute atomic E-state index is 13.6. The van der Waals surface area contributed by atoms with Gasteiger partial charge in [0.25, 0.3) is 5.56 Å². The van der Waals surface area contributed by atoms with E-state index in [9.17, 15) is 4.79 Å². The van der Waals surface area contributed by atoms with Gasteiger partial charge < -0.3 is 24.1 Å². The number of nitrogens with one attached hydrogen (secondary N) is 1. The van der Waals surface area contributed by atoms with Crippen molar-refractivity contribution in [3.8, 4) is 17.2 Å². The van der Waals surface area contributed by atoms with E-state index in [-0.39, 0.29) is 17.9 Å². The van der Waals surface area contributed by atoms with Crippen LogP contribution in [0.1, 0.15) is 38.2 Å². The van der Waals surface area contributed by atoms with Gasteiger partial charge >= 0.3 is 0 Å². The Bertz CT molecular complexity index is 1530. The van der Waals surface area contributed by atoms with E-state index in [1.54, 1.807) is 7.11 Å². The number of hydrogen-bond donors (Lipinski definition) is 1. The lowest BCUT2D eigenvalue weighted by Gasteiger charge is -2.40. The Morgan fingerprint density at radius 3 is 2.53 bits per heavy atom. The summed E-state index contributed by atoms with van der Waals surface area (Å²) in [6.45, 7) is 9.33. The largest absolute Gasteiger partial charge is 0.497 e. The van der Waals surface area contributed by atoms with Gasteiger partial charge in [0.2, 0.25) is 6.79 Å². The zero-order chi connectivity index (χ0) is 26.4. The highest BCUT2D eigenvalue weighted by Crippen LogP contribution is 2.37. The number of ether oxygens (including phenoxy) is 3. The summed E-state index contributed by atoms with van der Waals surface area (Å²) in [6.07, 6.45) is 0. The van der Waals surface area contributed by atoms with Gasteiger partial charge in [0, 0.05) is 54.9 Å². The second-order valence-corrected chi connectivity index (χ2v) is 10.6. The first-order valence-corrected chi connectivity index (χ1v) is 12.7. The van der Waals surface area contributed by atoms with Crippen LogP contribution >= 0.6 is 0 Å². The molecule has 1 saturated heterocycles.